The number of hydrogen-bond donors (Lipinski definition) is 0. The Kier molecular flexibility index (Phi) is 4.06. The minimum absolute atomic E-state index is 0.754. The van der Waals surface area contributed by atoms with E-state index in [1.54, 1.807) is 5.30 Å². The van der Waals surface area contributed by atoms with Gasteiger partial charge in [-0.25, -0.2) is 4.75 Å². The molecule has 1 fully saturated rings. The first-order chi connectivity index (χ1) is 6.97. The molecular formula is C12H20NP. The second kappa shape index (κ2) is 5.56. The highest BCUT2D eigenvalue weighted by atomic mass is 31.0. The van der Waals surface area contributed by atoms with Crippen LogP contribution in [0.4, 0.5) is 0 Å². The summed E-state index contributed by atoms with van der Waals surface area (Å²) in [5.41, 5.74) is 0. The van der Waals surface area contributed by atoms with Gasteiger partial charge in [0.25, 0.3) is 0 Å². The Balaban J connectivity index is 1.94. The fourth-order valence-corrected chi connectivity index (χ4v) is 3.36. The summed E-state index contributed by atoms with van der Waals surface area (Å²) in [6, 6.07) is 2.26. The maximum atomic E-state index is 4.33. The first-order valence-corrected chi connectivity index (χ1v) is 6.91. The molecule has 0 saturated heterocycles. The van der Waals surface area contributed by atoms with Crippen molar-refractivity contribution in [2.75, 3.05) is 0 Å². The van der Waals surface area contributed by atoms with Gasteiger partial charge >= 0.3 is 0 Å². The van der Waals surface area contributed by atoms with E-state index in [1.807, 2.05) is 6.20 Å². The Hall–Kier alpha value is -0.290. The maximum absolute atomic E-state index is 4.33. The van der Waals surface area contributed by atoms with Gasteiger partial charge in [0.05, 0.1) is 0 Å². The van der Waals surface area contributed by atoms with Crippen molar-refractivity contribution in [2.24, 2.45) is 0 Å². The number of hydrogen-bond acceptors (Lipinski definition) is 1. The lowest BCUT2D eigenvalue weighted by atomic mass is 9.95. The van der Waals surface area contributed by atoms with Crippen LogP contribution in [0.5, 0.6) is 0 Å². The summed E-state index contributed by atoms with van der Waals surface area (Å²) in [5, 5.41) is 1.63. The maximum Gasteiger partial charge on any atom is 0.0312 e. The van der Waals surface area contributed by atoms with Gasteiger partial charge in [-0.3, -0.25) is 0 Å². The molecule has 1 aliphatic rings. The molecule has 0 radical (unpaired) electrons. The van der Waals surface area contributed by atoms with Crippen LogP contribution in [-0.2, 0) is 0 Å². The van der Waals surface area contributed by atoms with E-state index >= 15 is 0 Å². The predicted molar refractivity (Wildman–Crippen MR) is 63.4 cm³/mol. The normalized spacial score (nSPS) is 21.7. The average molecular weight is 209 g/mol. The molecule has 1 atom stereocenters. The Labute approximate surface area is 88.5 Å². The third-order valence-corrected chi connectivity index (χ3v) is 4.43. The molecule has 0 spiro atoms. The van der Waals surface area contributed by atoms with Crippen molar-refractivity contribution < 1.29 is 0 Å². The molecule has 78 valence electrons. The second-order valence-electron chi connectivity index (χ2n) is 4.41. The summed E-state index contributed by atoms with van der Waals surface area (Å²) in [4.78, 5) is 0. The third kappa shape index (κ3) is 2.85. The van der Waals surface area contributed by atoms with Gasteiger partial charge in [-0.2, -0.15) is 0 Å². The van der Waals surface area contributed by atoms with Crippen molar-refractivity contribution in [1.82, 2.24) is 4.75 Å². The summed E-state index contributed by atoms with van der Waals surface area (Å²) in [6.07, 6.45) is 13.5. The zero-order valence-electron chi connectivity index (χ0n) is 8.84. The van der Waals surface area contributed by atoms with Gasteiger partial charge in [-0.05, 0) is 38.5 Å². The Morgan fingerprint density at radius 2 is 1.64 bits per heavy atom. The van der Waals surface area contributed by atoms with E-state index in [-0.39, 0.29) is 0 Å². The quantitative estimate of drug-likeness (QED) is 0.670. The van der Waals surface area contributed by atoms with Crippen molar-refractivity contribution in [1.29, 1.82) is 0 Å². The number of rotatable bonds is 1. The smallest absolute Gasteiger partial charge is 0.0312 e. The van der Waals surface area contributed by atoms with Crippen molar-refractivity contribution in [2.45, 2.75) is 57.3 Å². The van der Waals surface area contributed by atoms with Crippen LogP contribution in [0.1, 0.15) is 62.6 Å². The summed E-state index contributed by atoms with van der Waals surface area (Å²) in [7, 11) is 0.754. The summed E-state index contributed by atoms with van der Waals surface area (Å²) in [6.45, 7) is 0. The molecule has 1 saturated carbocycles. The molecule has 1 nitrogen and oxygen atoms in total. The number of nitrogens with zero attached hydrogens (tertiary/aromatic N) is 1. The lowest BCUT2D eigenvalue weighted by Gasteiger charge is -2.13. The minimum Gasteiger partial charge on any atom is -0.249 e. The van der Waals surface area contributed by atoms with Crippen molar-refractivity contribution in [3.63, 3.8) is 0 Å². The van der Waals surface area contributed by atoms with E-state index in [4.69, 9.17) is 0 Å². The molecular weight excluding hydrogens is 189 g/mol. The van der Waals surface area contributed by atoms with Gasteiger partial charge in [0.2, 0.25) is 0 Å². The molecule has 2 rings (SSSR count). The lowest BCUT2D eigenvalue weighted by Crippen LogP contribution is -1.95. The van der Waals surface area contributed by atoms with Crippen LogP contribution in [0.2, 0.25) is 0 Å². The molecule has 0 amide bonds. The predicted octanol–water partition coefficient (Wildman–Crippen LogP) is 4.33. The van der Waals surface area contributed by atoms with E-state index < -0.39 is 0 Å². The third-order valence-electron chi connectivity index (χ3n) is 3.32. The molecule has 0 aromatic carbocycles. The van der Waals surface area contributed by atoms with Crippen LogP contribution in [0.25, 0.3) is 0 Å². The molecule has 0 N–H and O–H groups in total. The van der Waals surface area contributed by atoms with Crippen LogP contribution >= 0.6 is 8.35 Å². The molecule has 1 aromatic heterocycles. The average Bonchev–Trinajstić information content (AvgIpc) is 2.75. The van der Waals surface area contributed by atoms with Gasteiger partial charge < -0.3 is 0 Å². The molecule has 0 aliphatic heterocycles. The molecule has 1 heterocycles. The lowest BCUT2D eigenvalue weighted by molar-refractivity contribution is 0.547. The molecule has 14 heavy (non-hydrogen) atoms. The Bertz CT molecular complexity index is 233. The van der Waals surface area contributed by atoms with Crippen molar-refractivity contribution in [3.05, 3.63) is 17.6 Å². The molecule has 1 unspecified atom stereocenters. The molecule has 2 heteroatoms. The molecule has 1 aromatic rings. The van der Waals surface area contributed by atoms with Gasteiger partial charge in [-0.1, -0.05) is 38.5 Å². The van der Waals surface area contributed by atoms with Crippen molar-refractivity contribution in [3.8, 4) is 0 Å². The first kappa shape index (κ1) is 10.2. The van der Waals surface area contributed by atoms with Crippen LogP contribution in [0, 0.1) is 0 Å². The zero-order valence-corrected chi connectivity index (χ0v) is 9.84. The van der Waals surface area contributed by atoms with E-state index in [9.17, 15) is 0 Å². The number of aromatic nitrogens is 1. The van der Waals surface area contributed by atoms with Gasteiger partial charge in [-0.15, -0.1) is 0 Å². The SMILES string of the molecule is c1cc(C2CCCCCCCC2)[pH]n1. The summed E-state index contributed by atoms with van der Waals surface area (Å²) >= 11 is 0. The van der Waals surface area contributed by atoms with Crippen LogP contribution in [-0.4, -0.2) is 4.75 Å². The molecule has 0 bridgehead atoms. The standard InChI is InChI=1S/C12H20NP/c1-2-4-6-8-11(7-5-3-1)12-9-10-13-14-12/h9-11,14H,1-8H2. The first-order valence-electron chi connectivity index (χ1n) is 5.96. The van der Waals surface area contributed by atoms with Gasteiger partial charge in [0.1, 0.15) is 0 Å². The highest BCUT2D eigenvalue weighted by Gasteiger charge is 2.12. The zero-order chi connectivity index (χ0) is 9.64. The minimum atomic E-state index is 0.754. The second-order valence-corrected chi connectivity index (χ2v) is 5.47. The highest BCUT2D eigenvalue weighted by Crippen LogP contribution is 2.33. The van der Waals surface area contributed by atoms with Gasteiger partial charge in [0.15, 0.2) is 0 Å². The fraction of sp³-hybridized carbons (Fsp3) is 0.750. The van der Waals surface area contributed by atoms with E-state index in [2.05, 4.69) is 10.8 Å². The van der Waals surface area contributed by atoms with E-state index in [0.717, 1.165) is 14.3 Å². The summed E-state index contributed by atoms with van der Waals surface area (Å²) in [5.74, 6) is 0.869. The summed E-state index contributed by atoms with van der Waals surface area (Å²) < 4.78 is 4.33. The molecule has 1 aliphatic carbocycles. The fourth-order valence-electron chi connectivity index (χ4n) is 2.44. The van der Waals surface area contributed by atoms with E-state index in [0.29, 0.717) is 0 Å². The van der Waals surface area contributed by atoms with Gasteiger partial charge in [0, 0.05) is 6.20 Å². The monoisotopic (exact) mass is 209 g/mol. The van der Waals surface area contributed by atoms with Crippen LogP contribution in [0.3, 0.4) is 0 Å². The Morgan fingerprint density at radius 3 is 2.21 bits per heavy atom. The highest BCUT2D eigenvalue weighted by molar-refractivity contribution is 7.26. The van der Waals surface area contributed by atoms with Crippen LogP contribution < -0.4 is 0 Å². The van der Waals surface area contributed by atoms with Crippen LogP contribution in [0.15, 0.2) is 12.3 Å². The van der Waals surface area contributed by atoms with E-state index in [1.165, 1.54) is 51.4 Å². The topological polar surface area (TPSA) is 12.9 Å². The largest absolute Gasteiger partial charge is 0.249 e. The van der Waals surface area contributed by atoms with Crippen molar-refractivity contribution >= 4 is 8.35 Å². The Morgan fingerprint density at radius 1 is 1.00 bits per heavy atom.